The average molecular weight is 276 g/mol. The average Bonchev–Trinajstić information content (AvgIpc) is 2.35. The molecule has 0 aliphatic rings. The van der Waals surface area contributed by atoms with Crippen molar-refractivity contribution in [3.63, 3.8) is 0 Å². The van der Waals surface area contributed by atoms with Crippen molar-refractivity contribution in [2.75, 3.05) is 11.9 Å². The molecule has 1 heterocycles. The van der Waals surface area contributed by atoms with Crippen LogP contribution in [0.1, 0.15) is 25.8 Å². The molecule has 0 amide bonds. The Bertz CT molecular complexity index is 445. The Labute approximate surface area is 108 Å². The van der Waals surface area contributed by atoms with Crippen LogP contribution in [0.5, 0.6) is 0 Å². The van der Waals surface area contributed by atoms with Gasteiger partial charge in [0.15, 0.2) is 0 Å². The Morgan fingerprint density at radius 3 is 2.42 bits per heavy atom. The van der Waals surface area contributed by atoms with E-state index in [1.54, 1.807) is 13.8 Å². The number of hydrogen-bond acceptors (Lipinski definition) is 3. The lowest BCUT2D eigenvalue weighted by Gasteiger charge is -2.23. The predicted molar refractivity (Wildman–Crippen MR) is 63.8 cm³/mol. The van der Waals surface area contributed by atoms with Crippen molar-refractivity contribution in [3.05, 3.63) is 23.9 Å². The topological polar surface area (TPSA) is 62.2 Å². The first-order chi connectivity index (χ1) is 8.69. The summed E-state index contributed by atoms with van der Waals surface area (Å²) < 4.78 is 37.0. The van der Waals surface area contributed by atoms with Gasteiger partial charge < -0.3 is 10.4 Å². The molecule has 0 spiro atoms. The zero-order chi connectivity index (χ0) is 14.7. The summed E-state index contributed by atoms with van der Waals surface area (Å²) in [5.41, 5.74) is -1.82. The van der Waals surface area contributed by atoms with Crippen molar-refractivity contribution in [1.82, 2.24) is 4.98 Å². The fourth-order valence-corrected chi connectivity index (χ4v) is 1.30. The van der Waals surface area contributed by atoms with E-state index in [-0.39, 0.29) is 12.4 Å². The zero-order valence-electron chi connectivity index (χ0n) is 10.6. The largest absolute Gasteiger partial charge is 0.481 e. The molecule has 106 valence electrons. The predicted octanol–water partition coefficient (Wildman–Crippen LogP) is 3.01. The Morgan fingerprint density at radius 1 is 1.42 bits per heavy atom. The summed E-state index contributed by atoms with van der Waals surface area (Å²) in [5.74, 6) is -0.747. The van der Waals surface area contributed by atoms with Crippen molar-refractivity contribution in [2.24, 2.45) is 5.41 Å². The summed E-state index contributed by atoms with van der Waals surface area (Å²) in [4.78, 5) is 14.7. The fourth-order valence-electron chi connectivity index (χ4n) is 1.30. The number of hydrogen-bond donors (Lipinski definition) is 2. The van der Waals surface area contributed by atoms with E-state index in [9.17, 15) is 18.0 Å². The molecule has 0 aliphatic carbocycles. The Balaban J connectivity index is 2.72. The number of nitrogens with zero attached hydrogens (tertiary/aromatic N) is 1. The number of alkyl halides is 3. The summed E-state index contributed by atoms with van der Waals surface area (Å²) in [6.45, 7) is 3.39. The maximum Gasteiger partial charge on any atom is 0.417 e. The maximum atomic E-state index is 12.3. The molecule has 1 aromatic heterocycles. The second-order valence-corrected chi connectivity index (χ2v) is 4.50. The Hall–Kier alpha value is -1.79. The smallest absolute Gasteiger partial charge is 0.417 e. The minimum Gasteiger partial charge on any atom is -0.481 e. The highest BCUT2D eigenvalue weighted by molar-refractivity contribution is 5.74. The van der Waals surface area contributed by atoms with Crippen LogP contribution >= 0.6 is 0 Å². The van der Waals surface area contributed by atoms with Gasteiger partial charge in [-0.1, -0.05) is 6.92 Å². The van der Waals surface area contributed by atoms with Gasteiger partial charge in [0.2, 0.25) is 0 Å². The normalized spacial score (nSPS) is 14.8. The van der Waals surface area contributed by atoms with E-state index in [2.05, 4.69) is 10.3 Å². The molecule has 1 aromatic rings. The molecular formula is C12H15F3N2O2. The van der Waals surface area contributed by atoms with Gasteiger partial charge in [-0.2, -0.15) is 13.2 Å². The molecule has 2 N–H and O–H groups in total. The van der Waals surface area contributed by atoms with Crippen LogP contribution in [0, 0.1) is 5.41 Å². The minimum absolute atomic E-state index is 0.0944. The van der Waals surface area contributed by atoms with Crippen molar-refractivity contribution >= 4 is 11.8 Å². The second-order valence-electron chi connectivity index (χ2n) is 4.50. The lowest BCUT2D eigenvalue weighted by atomic mass is 9.88. The number of aromatic nitrogens is 1. The molecule has 7 heteroatoms. The molecule has 19 heavy (non-hydrogen) atoms. The van der Waals surface area contributed by atoms with Gasteiger partial charge in [0.25, 0.3) is 0 Å². The third-order valence-corrected chi connectivity index (χ3v) is 3.05. The van der Waals surface area contributed by atoms with E-state index in [1.165, 1.54) is 6.07 Å². The van der Waals surface area contributed by atoms with Crippen molar-refractivity contribution < 1.29 is 23.1 Å². The van der Waals surface area contributed by atoms with Gasteiger partial charge >= 0.3 is 12.1 Å². The van der Waals surface area contributed by atoms with Crippen LogP contribution in [0.15, 0.2) is 18.3 Å². The lowest BCUT2D eigenvalue weighted by molar-refractivity contribution is -0.147. The van der Waals surface area contributed by atoms with Gasteiger partial charge in [0.05, 0.1) is 11.0 Å². The van der Waals surface area contributed by atoms with E-state index in [0.29, 0.717) is 12.6 Å². The van der Waals surface area contributed by atoms with Crippen LogP contribution < -0.4 is 5.32 Å². The Kier molecular flexibility index (Phi) is 4.39. The zero-order valence-corrected chi connectivity index (χ0v) is 10.6. The van der Waals surface area contributed by atoms with Crippen LogP contribution in [-0.2, 0) is 11.0 Å². The first-order valence-electron chi connectivity index (χ1n) is 5.69. The summed E-state index contributed by atoms with van der Waals surface area (Å²) in [7, 11) is 0. The number of anilines is 1. The van der Waals surface area contributed by atoms with Crippen LogP contribution in [0.4, 0.5) is 19.0 Å². The third kappa shape index (κ3) is 3.84. The van der Waals surface area contributed by atoms with Crippen LogP contribution in [0.25, 0.3) is 0 Å². The molecule has 1 rings (SSSR count). The fraction of sp³-hybridized carbons (Fsp3) is 0.500. The number of rotatable bonds is 5. The molecule has 0 saturated carbocycles. The monoisotopic (exact) mass is 276 g/mol. The van der Waals surface area contributed by atoms with Gasteiger partial charge in [0, 0.05) is 12.7 Å². The third-order valence-electron chi connectivity index (χ3n) is 3.05. The van der Waals surface area contributed by atoms with Crippen LogP contribution in [0.3, 0.4) is 0 Å². The van der Waals surface area contributed by atoms with Crippen molar-refractivity contribution in [3.8, 4) is 0 Å². The molecule has 0 fully saturated rings. The highest BCUT2D eigenvalue weighted by Gasteiger charge is 2.32. The number of halogens is 3. The minimum atomic E-state index is -4.43. The highest BCUT2D eigenvalue weighted by atomic mass is 19.4. The highest BCUT2D eigenvalue weighted by Crippen LogP contribution is 2.29. The summed E-state index contributed by atoms with van der Waals surface area (Å²) in [5, 5.41) is 11.8. The maximum absolute atomic E-state index is 12.3. The molecule has 0 aromatic carbocycles. The molecular weight excluding hydrogens is 261 g/mol. The molecule has 4 nitrogen and oxygen atoms in total. The van der Waals surface area contributed by atoms with E-state index >= 15 is 0 Å². The van der Waals surface area contributed by atoms with Gasteiger partial charge in [0.1, 0.15) is 5.82 Å². The van der Waals surface area contributed by atoms with Gasteiger partial charge in [-0.15, -0.1) is 0 Å². The molecule has 0 aliphatic heterocycles. The molecule has 1 atom stereocenters. The molecule has 1 unspecified atom stereocenters. The van der Waals surface area contributed by atoms with Crippen molar-refractivity contribution in [1.29, 1.82) is 0 Å². The standard InChI is InChI=1S/C12H15F3N2O2/c1-3-11(2,10(18)19)7-17-9-5-4-8(6-16-9)12(13,14)15/h4-6H,3,7H2,1-2H3,(H,16,17)(H,18,19). The first kappa shape index (κ1) is 15.3. The molecule has 0 radical (unpaired) electrons. The first-order valence-corrected chi connectivity index (χ1v) is 5.69. The molecule has 0 bridgehead atoms. The second kappa shape index (κ2) is 5.46. The van der Waals surface area contributed by atoms with Gasteiger partial charge in [-0.3, -0.25) is 4.79 Å². The van der Waals surface area contributed by atoms with E-state index in [4.69, 9.17) is 5.11 Å². The summed E-state index contributed by atoms with van der Waals surface area (Å²) in [6, 6.07) is 2.08. The summed E-state index contributed by atoms with van der Waals surface area (Å²) in [6.07, 6.45) is -3.31. The van der Waals surface area contributed by atoms with E-state index in [0.717, 1.165) is 6.07 Å². The van der Waals surface area contributed by atoms with E-state index < -0.39 is 23.1 Å². The number of carboxylic acids is 1. The molecule has 0 saturated heterocycles. The number of aliphatic carboxylic acids is 1. The van der Waals surface area contributed by atoms with Crippen LogP contribution in [-0.4, -0.2) is 22.6 Å². The van der Waals surface area contributed by atoms with E-state index in [1.807, 2.05) is 0 Å². The van der Waals surface area contributed by atoms with Crippen LogP contribution in [0.2, 0.25) is 0 Å². The number of pyridine rings is 1. The van der Waals surface area contributed by atoms with Gasteiger partial charge in [-0.25, -0.2) is 4.98 Å². The van der Waals surface area contributed by atoms with Gasteiger partial charge in [-0.05, 0) is 25.5 Å². The van der Waals surface area contributed by atoms with Crippen molar-refractivity contribution in [2.45, 2.75) is 26.4 Å². The number of carboxylic acid groups (broad SMARTS) is 1. The number of carbonyl (C=O) groups is 1. The lowest BCUT2D eigenvalue weighted by Crippen LogP contribution is -2.34. The Morgan fingerprint density at radius 2 is 2.05 bits per heavy atom. The summed E-state index contributed by atoms with van der Waals surface area (Å²) >= 11 is 0. The number of nitrogens with one attached hydrogen (secondary N) is 1. The SMILES string of the molecule is CCC(C)(CNc1ccc(C(F)(F)F)cn1)C(=O)O. The quantitative estimate of drug-likeness (QED) is 0.867.